The van der Waals surface area contributed by atoms with Crippen LogP contribution in [0.4, 0.5) is 5.69 Å². The highest BCUT2D eigenvalue weighted by atomic mass is 79.9. The van der Waals surface area contributed by atoms with Crippen molar-refractivity contribution in [2.24, 2.45) is 5.41 Å². The Morgan fingerprint density at radius 3 is 2.67 bits per heavy atom. The lowest BCUT2D eigenvalue weighted by Crippen LogP contribution is -2.42. The third-order valence-corrected chi connectivity index (χ3v) is 4.63. The van der Waals surface area contributed by atoms with E-state index in [0.29, 0.717) is 12.8 Å². The quantitative estimate of drug-likeness (QED) is 0.906. The maximum absolute atomic E-state index is 12.5. The van der Waals surface area contributed by atoms with Crippen LogP contribution in [0, 0.1) is 16.7 Å². The number of rotatable bonds is 2. The first-order valence-corrected chi connectivity index (χ1v) is 7.48. The smallest absolute Gasteiger partial charge is 0.245 e. The molecule has 3 nitrogen and oxygen atoms in total. The predicted molar refractivity (Wildman–Crippen MR) is 84.7 cm³/mol. The van der Waals surface area contributed by atoms with E-state index in [-0.39, 0.29) is 5.91 Å². The fourth-order valence-electron chi connectivity index (χ4n) is 2.68. The van der Waals surface area contributed by atoms with Gasteiger partial charge in [-0.25, -0.2) is 0 Å². The lowest BCUT2D eigenvalue weighted by molar-refractivity contribution is -0.123. The molecule has 0 aromatic heterocycles. The predicted octanol–water partition coefficient (Wildman–Crippen LogP) is 3.70. The lowest BCUT2D eigenvalue weighted by atomic mass is 9.74. The Morgan fingerprint density at radius 2 is 1.90 bits per heavy atom. The lowest BCUT2D eigenvalue weighted by Gasteiger charge is -2.31. The number of anilines is 1. The van der Waals surface area contributed by atoms with Crippen molar-refractivity contribution in [3.8, 4) is 6.07 Å². The van der Waals surface area contributed by atoms with Gasteiger partial charge in [0.2, 0.25) is 5.91 Å². The Bertz CT molecular complexity index is 750. The highest BCUT2D eigenvalue weighted by Gasteiger charge is 2.43. The molecule has 0 saturated heterocycles. The van der Waals surface area contributed by atoms with E-state index in [1.807, 2.05) is 48.5 Å². The fraction of sp³-hybridized carbons (Fsp3) is 0.176. The van der Waals surface area contributed by atoms with E-state index in [4.69, 9.17) is 0 Å². The van der Waals surface area contributed by atoms with Gasteiger partial charge in [-0.15, -0.1) is 0 Å². The minimum atomic E-state index is -1.06. The summed E-state index contributed by atoms with van der Waals surface area (Å²) in [4.78, 5) is 12.5. The second kappa shape index (κ2) is 5.34. The Hall–Kier alpha value is -2.12. The van der Waals surface area contributed by atoms with Crippen LogP contribution in [0.1, 0.15) is 11.1 Å². The normalized spacial score (nSPS) is 20.3. The fourth-order valence-corrected chi connectivity index (χ4v) is 3.11. The molecule has 4 heteroatoms. The minimum Gasteiger partial charge on any atom is -0.324 e. The molecule has 0 spiro atoms. The SMILES string of the molecule is N#CC1(Cc2ccccc2Br)Cc2ccccc2NC1=O. The molecular weight excluding hydrogens is 328 g/mol. The highest BCUT2D eigenvalue weighted by Crippen LogP contribution is 2.37. The van der Waals surface area contributed by atoms with Crippen LogP contribution >= 0.6 is 15.9 Å². The first kappa shape index (κ1) is 13.8. The van der Waals surface area contributed by atoms with Crippen molar-refractivity contribution >= 4 is 27.5 Å². The molecule has 3 rings (SSSR count). The zero-order valence-electron chi connectivity index (χ0n) is 11.3. The summed E-state index contributed by atoms with van der Waals surface area (Å²) in [6, 6.07) is 17.6. The average Bonchev–Trinajstić information content (AvgIpc) is 2.50. The maximum Gasteiger partial charge on any atom is 0.245 e. The summed E-state index contributed by atoms with van der Waals surface area (Å²) in [5, 5.41) is 12.5. The van der Waals surface area contributed by atoms with Gasteiger partial charge < -0.3 is 5.32 Å². The second-order valence-corrected chi connectivity index (χ2v) is 6.10. The number of carbonyl (C=O) groups is 1. The molecule has 1 aliphatic rings. The molecule has 0 bridgehead atoms. The highest BCUT2D eigenvalue weighted by molar-refractivity contribution is 9.10. The maximum atomic E-state index is 12.5. The third-order valence-electron chi connectivity index (χ3n) is 3.86. The van der Waals surface area contributed by atoms with E-state index in [1.54, 1.807) is 0 Å². The average molecular weight is 341 g/mol. The topological polar surface area (TPSA) is 52.9 Å². The summed E-state index contributed by atoms with van der Waals surface area (Å²) in [5.41, 5.74) is 1.72. The van der Waals surface area contributed by atoms with Gasteiger partial charge in [-0.1, -0.05) is 52.3 Å². The van der Waals surface area contributed by atoms with Gasteiger partial charge in [0.1, 0.15) is 5.41 Å². The number of hydrogen-bond donors (Lipinski definition) is 1. The van der Waals surface area contributed by atoms with Crippen molar-refractivity contribution in [3.63, 3.8) is 0 Å². The van der Waals surface area contributed by atoms with Gasteiger partial charge in [0.05, 0.1) is 6.07 Å². The summed E-state index contributed by atoms with van der Waals surface area (Å²) in [6.45, 7) is 0. The molecule has 0 fully saturated rings. The molecular formula is C17H13BrN2O. The number of nitrogens with one attached hydrogen (secondary N) is 1. The number of carbonyl (C=O) groups excluding carboxylic acids is 1. The molecule has 104 valence electrons. The Balaban J connectivity index is 2.00. The summed E-state index contributed by atoms with van der Waals surface area (Å²) in [6.07, 6.45) is 0.831. The standard InChI is InChI=1S/C17H13BrN2O/c18-14-7-3-1-5-12(14)9-17(11-19)10-13-6-2-4-8-15(13)20-16(17)21/h1-8H,9-10H2,(H,20,21). The van der Waals surface area contributed by atoms with Crippen LogP contribution in [0.2, 0.25) is 0 Å². The summed E-state index contributed by atoms with van der Waals surface area (Å²) in [5.74, 6) is -0.223. The zero-order valence-corrected chi connectivity index (χ0v) is 12.9. The van der Waals surface area contributed by atoms with E-state index in [9.17, 15) is 10.1 Å². The third kappa shape index (κ3) is 2.45. The molecule has 1 amide bonds. The van der Waals surface area contributed by atoms with E-state index in [2.05, 4.69) is 27.3 Å². The van der Waals surface area contributed by atoms with Gasteiger partial charge in [0.15, 0.2) is 0 Å². The Labute approximate surface area is 131 Å². The number of fused-ring (bicyclic) bond motifs is 1. The Kier molecular flexibility index (Phi) is 3.52. The number of hydrogen-bond acceptors (Lipinski definition) is 2. The van der Waals surface area contributed by atoms with Gasteiger partial charge in [-0.05, 0) is 23.3 Å². The van der Waals surface area contributed by atoms with Gasteiger partial charge >= 0.3 is 0 Å². The molecule has 21 heavy (non-hydrogen) atoms. The van der Waals surface area contributed by atoms with Crippen LogP contribution in [-0.4, -0.2) is 5.91 Å². The van der Waals surface area contributed by atoms with Gasteiger partial charge in [-0.3, -0.25) is 4.79 Å². The number of para-hydroxylation sites is 1. The van der Waals surface area contributed by atoms with E-state index < -0.39 is 5.41 Å². The zero-order chi connectivity index (χ0) is 14.9. The van der Waals surface area contributed by atoms with Gasteiger partial charge in [0, 0.05) is 23.0 Å². The molecule has 1 aliphatic heterocycles. The van der Waals surface area contributed by atoms with Crippen molar-refractivity contribution in [2.75, 3.05) is 5.32 Å². The minimum absolute atomic E-state index is 0.223. The van der Waals surface area contributed by atoms with E-state index in [1.165, 1.54) is 0 Å². The molecule has 1 unspecified atom stereocenters. The van der Waals surface area contributed by atoms with Crippen molar-refractivity contribution in [3.05, 3.63) is 64.1 Å². The van der Waals surface area contributed by atoms with Crippen molar-refractivity contribution < 1.29 is 4.79 Å². The van der Waals surface area contributed by atoms with E-state index >= 15 is 0 Å². The molecule has 2 aromatic rings. The molecule has 2 aromatic carbocycles. The summed E-state index contributed by atoms with van der Waals surface area (Å²) >= 11 is 3.49. The Morgan fingerprint density at radius 1 is 1.19 bits per heavy atom. The first-order chi connectivity index (χ1) is 10.1. The van der Waals surface area contributed by atoms with Crippen LogP contribution in [-0.2, 0) is 17.6 Å². The van der Waals surface area contributed by atoms with Crippen LogP contribution in [0.25, 0.3) is 0 Å². The summed E-state index contributed by atoms with van der Waals surface area (Å²) in [7, 11) is 0. The first-order valence-electron chi connectivity index (χ1n) is 6.69. The monoisotopic (exact) mass is 340 g/mol. The van der Waals surface area contributed by atoms with E-state index in [0.717, 1.165) is 21.3 Å². The summed E-state index contributed by atoms with van der Waals surface area (Å²) < 4.78 is 0.922. The molecule has 1 atom stereocenters. The molecule has 1 heterocycles. The van der Waals surface area contributed by atoms with Crippen LogP contribution < -0.4 is 5.32 Å². The van der Waals surface area contributed by atoms with Crippen molar-refractivity contribution in [2.45, 2.75) is 12.8 Å². The van der Waals surface area contributed by atoms with Crippen LogP contribution in [0.5, 0.6) is 0 Å². The largest absolute Gasteiger partial charge is 0.324 e. The van der Waals surface area contributed by atoms with Gasteiger partial charge in [0.25, 0.3) is 0 Å². The number of amides is 1. The van der Waals surface area contributed by atoms with Crippen molar-refractivity contribution in [1.82, 2.24) is 0 Å². The van der Waals surface area contributed by atoms with Crippen molar-refractivity contribution in [1.29, 1.82) is 5.26 Å². The number of nitrogens with zero attached hydrogens (tertiary/aromatic N) is 1. The second-order valence-electron chi connectivity index (χ2n) is 5.25. The number of halogens is 1. The molecule has 0 radical (unpaired) electrons. The number of nitriles is 1. The molecule has 1 N–H and O–H groups in total. The molecule has 0 aliphatic carbocycles. The van der Waals surface area contributed by atoms with Crippen LogP contribution in [0.3, 0.4) is 0 Å². The molecule has 0 saturated carbocycles. The number of benzene rings is 2. The van der Waals surface area contributed by atoms with Gasteiger partial charge in [-0.2, -0.15) is 5.26 Å². The van der Waals surface area contributed by atoms with Crippen LogP contribution in [0.15, 0.2) is 53.0 Å².